The number of hydrogen-bond donors (Lipinski definition) is 1. The van der Waals surface area contributed by atoms with Crippen LogP contribution in [0.5, 0.6) is 0 Å². The van der Waals surface area contributed by atoms with E-state index < -0.39 is 21.6 Å². The lowest BCUT2D eigenvalue weighted by Crippen LogP contribution is -2.32. The Bertz CT molecular complexity index is 1270. The standard InChI is InChI=1S/C22H23N3O5S/c23-17-9-12-25(14-17)31(28,29)20-8-4-7-19-18(20)10-11-24(22(19)27)15-30-21(26)13-16-5-2-1-3-6-16/h1-8,10-11,17H,9,12-15,23H2. The van der Waals surface area contributed by atoms with Gasteiger partial charge in [-0.1, -0.05) is 36.4 Å². The predicted octanol–water partition coefficient (Wildman–Crippen LogP) is 1.47. The van der Waals surface area contributed by atoms with E-state index in [0.29, 0.717) is 18.4 Å². The molecule has 1 saturated heterocycles. The molecule has 162 valence electrons. The third-order valence-corrected chi connectivity index (χ3v) is 7.26. The van der Waals surface area contributed by atoms with Gasteiger partial charge in [0.05, 0.1) is 11.3 Å². The molecule has 0 saturated carbocycles. The second-order valence-electron chi connectivity index (χ2n) is 7.53. The van der Waals surface area contributed by atoms with Gasteiger partial charge in [-0.3, -0.25) is 14.2 Å². The fourth-order valence-corrected chi connectivity index (χ4v) is 5.40. The van der Waals surface area contributed by atoms with Crippen molar-refractivity contribution in [2.45, 2.75) is 30.5 Å². The molecule has 1 fully saturated rings. The van der Waals surface area contributed by atoms with Crippen LogP contribution in [0.3, 0.4) is 0 Å². The minimum Gasteiger partial charge on any atom is -0.444 e. The lowest BCUT2D eigenvalue weighted by atomic mass is 10.2. The third-order valence-electron chi connectivity index (χ3n) is 5.34. The van der Waals surface area contributed by atoms with Crippen molar-refractivity contribution in [3.63, 3.8) is 0 Å². The molecule has 0 radical (unpaired) electrons. The highest BCUT2D eigenvalue weighted by atomic mass is 32.2. The van der Waals surface area contributed by atoms with Gasteiger partial charge in [0.1, 0.15) is 0 Å². The van der Waals surface area contributed by atoms with Crippen LogP contribution in [0.4, 0.5) is 0 Å². The molecule has 9 heteroatoms. The van der Waals surface area contributed by atoms with Crippen LogP contribution in [0.25, 0.3) is 10.8 Å². The molecule has 0 aliphatic carbocycles. The lowest BCUT2D eigenvalue weighted by Gasteiger charge is -2.17. The summed E-state index contributed by atoms with van der Waals surface area (Å²) in [4.78, 5) is 25.1. The van der Waals surface area contributed by atoms with Gasteiger partial charge < -0.3 is 10.5 Å². The largest absolute Gasteiger partial charge is 0.444 e. The normalized spacial score (nSPS) is 17.1. The van der Waals surface area contributed by atoms with Crippen molar-refractivity contribution in [3.05, 3.63) is 76.7 Å². The fourth-order valence-electron chi connectivity index (χ4n) is 3.68. The molecule has 31 heavy (non-hydrogen) atoms. The van der Waals surface area contributed by atoms with E-state index >= 15 is 0 Å². The lowest BCUT2D eigenvalue weighted by molar-refractivity contribution is -0.146. The van der Waals surface area contributed by atoms with Gasteiger partial charge in [0.25, 0.3) is 5.56 Å². The van der Waals surface area contributed by atoms with E-state index in [4.69, 9.17) is 10.5 Å². The zero-order chi connectivity index (χ0) is 22.0. The summed E-state index contributed by atoms with van der Waals surface area (Å²) in [6.45, 7) is 0.361. The zero-order valence-electron chi connectivity index (χ0n) is 16.8. The molecule has 0 amide bonds. The number of aromatic nitrogens is 1. The highest BCUT2D eigenvalue weighted by molar-refractivity contribution is 7.89. The van der Waals surface area contributed by atoms with Gasteiger partial charge >= 0.3 is 5.97 Å². The Morgan fingerprint density at radius 3 is 2.55 bits per heavy atom. The number of fused-ring (bicyclic) bond motifs is 1. The van der Waals surface area contributed by atoms with Crippen LogP contribution in [0.1, 0.15) is 12.0 Å². The van der Waals surface area contributed by atoms with Crippen LogP contribution in [-0.2, 0) is 32.7 Å². The Morgan fingerprint density at radius 1 is 1.06 bits per heavy atom. The van der Waals surface area contributed by atoms with Gasteiger partial charge in [-0.15, -0.1) is 0 Å². The molecule has 2 heterocycles. The summed E-state index contributed by atoms with van der Waals surface area (Å²) in [6.07, 6.45) is 2.14. The van der Waals surface area contributed by atoms with Crippen molar-refractivity contribution in [2.24, 2.45) is 5.73 Å². The number of hydrogen-bond acceptors (Lipinski definition) is 6. The highest BCUT2D eigenvalue weighted by Crippen LogP contribution is 2.26. The van der Waals surface area contributed by atoms with Crippen LogP contribution in [0.2, 0.25) is 0 Å². The summed E-state index contributed by atoms with van der Waals surface area (Å²) >= 11 is 0. The minimum absolute atomic E-state index is 0.0735. The maximum Gasteiger partial charge on any atom is 0.311 e. The topological polar surface area (TPSA) is 112 Å². The number of nitrogens with two attached hydrogens (primary N) is 1. The molecule has 4 rings (SSSR count). The van der Waals surface area contributed by atoms with Crippen LogP contribution in [-0.4, -0.2) is 42.4 Å². The van der Waals surface area contributed by atoms with Crippen LogP contribution in [0.15, 0.2) is 70.5 Å². The second kappa shape index (κ2) is 8.62. The predicted molar refractivity (Wildman–Crippen MR) is 116 cm³/mol. The summed E-state index contributed by atoms with van der Waals surface area (Å²) in [5.41, 5.74) is 6.25. The Hall–Kier alpha value is -3.01. The Labute approximate surface area is 179 Å². The zero-order valence-corrected chi connectivity index (χ0v) is 17.6. The Balaban J connectivity index is 1.57. The fraction of sp³-hybridized carbons (Fsp3) is 0.273. The number of carbonyl (C=O) groups is 1. The van der Waals surface area contributed by atoms with E-state index in [1.807, 2.05) is 30.3 Å². The first-order valence-electron chi connectivity index (χ1n) is 9.94. The first-order chi connectivity index (χ1) is 14.9. The molecule has 8 nitrogen and oxygen atoms in total. The van der Waals surface area contributed by atoms with Gasteiger partial charge in [0, 0.05) is 36.1 Å². The van der Waals surface area contributed by atoms with Crippen molar-refractivity contribution in [1.82, 2.24) is 8.87 Å². The third kappa shape index (κ3) is 4.39. The van der Waals surface area contributed by atoms with Gasteiger partial charge in [0.15, 0.2) is 6.73 Å². The average molecular weight is 442 g/mol. The number of ether oxygens (including phenoxy) is 1. The Kier molecular flexibility index (Phi) is 5.90. The number of sulfonamides is 1. The van der Waals surface area contributed by atoms with Crippen molar-refractivity contribution >= 4 is 26.8 Å². The first kappa shape index (κ1) is 21.2. The number of esters is 1. The quantitative estimate of drug-likeness (QED) is 0.580. The van der Waals surface area contributed by atoms with Crippen LogP contribution >= 0.6 is 0 Å². The molecule has 0 bridgehead atoms. The summed E-state index contributed by atoms with van der Waals surface area (Å²) in [7, 11) is -3.77. The molecule has 1 unspecified atom stereocenters. The van der Waals surface area contributed by atoms with Gasteiger partial charge in [-0.2, -0.15) is 4.31 Å². The van der Waals surface area contributed by atoms with Gasteiger partial charge in [-0.05, 0) is 30.2 Å². The molecule has 1 aliphatic rings. The molecule has 1 aliphatic heterocycles. The maximum atomic E-state index is 13.1. The average Bonchev–Trinajstić information content (AvgIpc) is 3.21. The SMILES string of the molecule is NC1CCN(S(=O)(=O)c2cccc3c(=O)n(COC(=O)Cc4ccccc4)ccc23)C1. The van der Waals surface area contributed by atoms with Gasteiger partial charge in [0.2, 0.25) is 10.0 Å². The molecule has 1 aromatic heterocycles. The summed E-state index contributed by atoms with van der Waals surface area (Å²) in [5, 5.41) is 0.575. The number of pyridine rings is 1. The van der Waals surface area contributed by atoms with Gasteiger partial charge in [-0.25, -0.2) is 8.42 Å². The molecule has 0 spiro atoms. The van der Waals surface area contributed by atoms with Crippen molar-refractivity contribution < 1.29 is 17.9 Å². The maximum absolute atomic E-state index is 13.1. The number of benzene rings is 2. The van der Waals surface area contributed by atoms with E-state index in [9.17, 15) is 18.0 Å². The number of nitrogens with zero attached hydrogens (tertiary/aromatic N) is 2. The van der Waals surface area contributed by atoms with Crippen molar-refractivity contribution in [1.29, 1.82) is 0 Å². The van der Waals surface area contributed by atoms with Crippen LogP contribution < -0.4 is 11.3 Å². The summed E-state index contributed by atoms with van der Waals surface area (Å²) in [6, 6.07) is 15.1. The van der Waals surface area contributed by atoms with Crippen molar-refractivity contribution in [3.8, 4) is 0 Å². The minimum atomic E-state index is -3.77. The number of carbonyl (C=O) groups excluding carboxylic acids is 1. The number of rotatable bonds is 6. The Morgan fingerprint density at radius 2 is 1.84 bits per heavy atom. The summed E-state index contributed by atoms with van der Waals surface area (Å²) in [5.74, 6) is -0.458. The molecular weight excluding hydrogens is 418 g/mol. The smallest absolute Gasteiger partial charge is 0.311 e. The van der Waals surface area contributed by atoms with Crippen molar-refractivity contribution in [2.75, 3.05) is 13.1 Å². The van der Waals surface area contributed by atoms with E-state index in [-0.39, 0.29) is 36.0 Å². The second-order valence-corrected chi connectivity index (χ2v) is 9.43. The molecule has 3 aromatic rings. The first-order valence-corrected chi connectivity index (χ1v) is 11.4. The monoisotopic (exact) mass is 441 g/mol. The molecule has 2 N–H and O–H groups in total. The van der Waals surface area contributed by atoms with E-state index in [1.54, 1.807) is 18.2 Å². The van der Waals surface area contributed by atoms with Crippen LogP contribution in [0, 0.1) is 0 Å². The molecule has 2 aromatic carbocycles. The van der Waals surface area contributed by atoms with E-state index in [0.717, 1.165) is 5.56 Å². The molecule has 1 atom stereocenters. The van der Waals surface area contributed by atoms with E-state index in [1.165, 1.54) is 21.1 Å². The highest BCUT2D eigenvalue weighted by Gasteiger charge is 2.32. The summed E-state index contributed by atoms with van der Waals surface area (Å²) < 4.78 is 34.0. The molecular formula is C22H23N3O5S. The van der Waals surface area contributed by atoms with E-state index in [2.05, 4.69) is 0 Å².